The number of nitrogens with one attached hydrogen (secondary N) is 2. The van der Waals surface area contributed by atoms with Crippen molar-refractivity contribution in [3.05, 3.63) is 58.5 Å². The Bertz CT molecular complexity index is 867. The Hall–Kier alpha value is -2.57. The number of nitrogens with zero attached hydrogens (tertiary/aromatic N) is 3. The van der Waals surface area contributed by atoms with Crippen molar-refractivity contribution in [1.82, 2.24) is 15.0 Å². The van der Waals surface area contributed by atoms with E-state index in [1.165, 1.54) is 6.33 Å². The zero-order chi connectivity index (χ0) is 17.1. The highest BCUT2D eigenvalue weighted by atomic mass is 35.5. The second-order valence-electron chi connectivity index (χ2n) is 5.08. The molecule has 0 aliphatic rings. The zero-order valence-corrected chi connectivity index (χ0v) is 14.2. The molecule has 0 aliphatic heterocycles. The quantitative estimate of drug-likeness (QED) is 0.632. The van der Waals surface area contributed by atoms with Crippen LogP contribution >= 0.6 is 23.2 Å². The van der Waals surface area contributed by atoms with Crippen LogP contribution in [0.5, 0.6) is 0 Å². The average molecular weight is 361 g/mol. The van der Waals surface area contributed by atoms with Crippen molar-refractivity contribution in [2.75, 3.05) is 16.4 Å². The van der Waals surface area contributed by atoms with E-state index < -0.39 is 0 Å². The number of anilines is 5. The van der Waals surface area contributed by atoms with Crippen LogP contribution in [0.25, 0.3) is 0 Å². The van der Waals surface area contributed by atoms with Gasteiger partial charge in [0.15, 0.2) is 11.6 Å². The van der Waals surface area contributed by atoms with Gasteiger partial charge in [0.1, 0.15) is 17.8 Å². The number of pyridine rings is 1. The van der Waals surface area contributed by atoms with Crippen LogP contribution in [0.4, 0.5) is 28.8 Å². The minimum atomic E-state index is 0.343. The van der Waals surface area contributed by atoms with Crippen LogP contribution in [0.2, 0.25) is 10.0 Å². The van der Waals surface area contributed by atoms with Gasteiger partial charge in [0.2, 0.25) is 0 Å². The molecular weight excluding hydrogens is 347 g/mol. The van der Waals surface area contributed by atoms with E-state index in [0.717, 1.165) is 5.56 Å². The van der Waals surface area contributed by atoms with Crippen LogP contribution in [0.1, 0.15) is 5.56 Å². The number of aromatic nitrogens is 3. The van der Waals surface area contributed by atoms with Crippen LogP contribution in [0.3, 0.4) is 0 Å². The fraction of sp³-hybridized carbons (Fsp3) is 0.0625. The largest absolute Gasteiger partial charge is 0.393 e. The van der Waals surface area contributed by atoms with Crippen molar-refractivity contribution in [2.24, 2.45) is 0 Å². The van der Waals surface area contributed by atoms with E-state index in [1.54, 1.807) is 24.4 Å². The van der Waals surface area contributed by atoms with Crippen molar-refractivity contribution < 1.29 is 0 Å². The fourth-order valence-electron chi connectivity index (χ4n) is 1.98. The number of hydrogen-bond acceptors (Lipinski definition) is 6. The van der Waals surface area contributed by atoms with Gasteiger partial charge >= 0.3 is 0 Å². The summed E-state index contributed by atoms with van der Waals surface area (Å²) < 4.78 is 0. The number of benzene rings is 1. The molecule has 122 valence electrons. The minimum absolute atomic E-state index is 0.343. The maximum atomic E-state index is 6.15. The molecule has 0 atom stereocenters. The number of rotatable bonds is 4. The Kier molecular flexibility index (Phi) is 4.69. The highest BCUT2D eigenvalue weighted by Gasteiger charge is 2.11. The Morgan fingerprint density at radius 2 is 1.71 bits per heavy atom. The summed E-state index contributed by atoms with van der Waals surface area (Å²) >= 11 is 12.1. The molecule has 24 heavy (non-hydrogen) atoms. The summed E-state index contributed by atoms with van der Waals surface area (Å²) in [6, 6.07) is 8.88. The second kappa shape index (κ2) is 6.90. The van der Waals surface area contributed by atoms with E-state index in [-0.39, 0.29) is 0 Å². The maximum absolute atomic E-state index is 6.15. The molecule has 2 heterocycles. The lowest BCUT2D eigenvalue weighted by atomic mass is 10.3. The standard InChI is InChI=1S/C16H14Cl2N6/c1-9-2-5-13(20-7-9)24-16-14(19)15(21-8-22-16)23-12-6-10(17)3-4-11(12)18/h2-8H,19H2,1H3,(H2,20,21,22,23,24). The molecule has 0 unspecified atom stereocenters. The molecule has 8 heteroatoms. The zero-order valence-electron chi connectivity index (χ0n) is 12.7. The lowest BCUT2D eigenvalue weighted by Crippen LogP contribution is -2.06. The Balaban J connectivity index is 1.88. The van der Waals surface area contributed by atoms with Crippen molar-refractivity contribution >= 4 is 52.0 Å². The SMILES string of the molecule is Cc1ccc(Nc2ncnc(Nc3cc(Cl)ccc3Cl)c2N)nc1. The molecule has 1 aromatic carbocycles. The molecule has 0 spiro atoms. The van der Waals surface area contributed by atoms with Crippen molar-refractivity contribution in [3.8, 4) is 0 Å². The van der Waals surface area contributed by atoms with Crippen molar-refractivity contribution in [2.45, 2.75) is 6.92 Å². The van der Waals surface area contributed by atoms with E-state index in [4.69, 9.17) is 28.9 Å². The van der Waals surface area contributed by atoms with Gasteiger partial charge in [0.25, 0.3) is 0 Å². The van der Waals surface area contributed by atoms with Crippen molar-refractivity contribution in [1.29, 1.82) is 0 Å². The van der Waals surface area contributed by atoms with Crippen LogP contribution in [0.15, 0.2) is 42.9 Å². The predicted octanol–water partition coefficient (Wildman–Crippen LogP) is 4.56. The normalized spacial score (nSPS) is 10.5. The third-order valence-corrected chi connectivity index (χ3v) is 3.79. The summed E-state index contributed by atoms with van der Waals surface area (Å²) in [5, 5.41) is 7.19. The van der Waals surface area contributed by atoms with Gasteiger partial charge < -0.3 is 16.4 Å². The molecule has 0 radical (unpaired) electrons. The van der Waals surface area contributed by atoms with Gasteiger partial charge in [-0.2, -0.15) is 0 Å². The maximum Gasteiger partial charge on any atom is 0.160 e. The van der Waals surface area contributed by atoms with E-state index in [2.05, 4.69) is 25.6 Å². The van der Waals surface area contributed by atoms with Crippen LogP contribution in [-0.4, -0.2) is 15.0 Å². The highest BCUT2D eigenvalue weighted by Crippen LogP contribution is 2.32. The average Bonchev–Trinajstić information content (AvgIpc) is 2.56. The minimum Gasteiger partial charge on any atom is -0.393 e. The van der Waals surface area contributed by atoms with Crippen LogP contribution < -0.4 is 16.4 Å². The summed E-state index contributed by atoms with van der Waals surface area (Å²) in [4.78, 5) is 12.6. The van der Waals surface area contributed by atoms with Gasteiger partial charge in [-0.3, -0.25) is 0 Å². The Morgan fingerprint density at radius 3 is 2.42 bits per heavy atom. The first kappa shape index (κ1) is 16.3. The molecule has 0 amide bonds. The second-order valence-corrected chi connectivity index (χ2v) is 5.92. The molecular formula is C16H14Cl2N6. The lowest BCUT2D eigenvalue weighted by molar-refractivity contribution is 1.16. The monoisotopic (exact) mass is 360 g/mol. The highest BCUT2D eigenvalue weighted by molar-refractivity contribution is 6.35. The van der Waals surface area contributed by atoms with Gasteiger partial charge in [-0.25, -0.2) is 15.0 Å². The van der Waals surface area contributed by atoms with Gasteiger partial charge in [0.05, 0.1) is 10.7 Å². The Labute approximate surface area is 149 Å². The van der Waals surface area contributed by atoms with Gasteiger partial charge in [-0.1, -0.05) is 29.3 Å². The van der Waals surface area contributed by atoms with Gasteiger partial charge in [-0.05, 0) is 36.8 Å². The molecule has 2 aromatic heterocycles. The number of nitrogen functional groups attached to an aromatic ring is 1. The smallest absolute Gasteiger partial charge is 0.160 e. The van der Waals surface area contributed by atoms with Gasteiger partial charge in [0, 0.05) is 11.2 Å². The van der Waals surface area contributed by atoms with E-state index in [0.29, 0.717) is 38.9 Å². The summed E-state index contributed by atoms with van der Waals surface area (Å²) in [6.45, 7) is 1.96. The molecule has 6 nitrogen and oxygen atoms in total. The lowest BCUT2D eigenvalue weighted by Gasteiger charge is -2.13. The molecule has 4 N–H and O–H groups in total. The number of nitrogens with two attached hydrogens (primary N) is 1. The van der Waals surface area contributed by atoms with Crippen molar-refractivity contribution in [3.63, 3.8) is 0 Å². The number of hydrogen-bond donors (Lipinski definition) is 3. The first-order chi connectivity index (χ1) is 11.5. The third kappa shape index (κ3) is 3.67. The van der Waals surface area contributed by atoms with E-state index >= 15 is 0 Å². The molecule has 3 aromatic rings. The molecule has 0 saturated carbocycles. The first-order valence-corrected chi connectivity index (χ1v) is 7.81. The fourth-order valence-corrected chi connectivity index (χ4v) is 2.32. The number of halogens is 2. The first-order valence-electron chi connectivity index (χ1n) is 7.05. The molecule has 3 rings (SSSR count). The number of aryl methyl sites for hydroxylation is 1. The summed E-state index contributed by atoms with van der Waals surface area (Å²) in [6.07, 6.45) is 3.15. The summed E-state index contributed by atoms with van der Waals surface area (Å²) in [7, 11) is 0. The van der Waals surface area contributed by atoms with Crippen LogP contribution in [-0.2, 0) is 0 Å². The molecule has 0 saturated heterocycles. The van der Waals surface area contributed by atoms with Crippen LogP contribution in [0, 0.1) is 6.92 Å². The Morgan fingerprint density at radius 1 is 0.958 bits per heavy atom. The predicted molar refractivity (Wildman–Crippen MR) is 98.4 cm³/mol. The third-order valence-electron chi connectivity index (χ3n) is 3.22. The topological polar surface area (TPSA) is 88.8 Å². The summed E-state index contributed by atoms with van der Waals surface area (Å²) in [5.74, 6) is 1.50. The summed E-state index contributed by atoms with van der Waals surface area (Å²) in [5.41, 5.74) is 8.16. The van der Waals surface area contributed by atoms with E-state index in [1.807, 2.05) is 19.1 Å². The van der Waals surface area contributed by atoms with Gasteiger partial charge in [-0.15, -0.1) is 0 Å². The molecule has 0 bridgehead atoms. The molecule has 0 aliphatic carbocycles. The molecule has 0 fully saturated rings. The van der Waals surface area contributed by atoms with E-state index in [9.17, 15) is 0 Å².